The van der Waals surface area contributed by atoms with Gasteiger partial charge in [-0.25, -0.2) is 4.98 Å². The maximum absolute atomic E-state index is 13.5. The largest absolute Gasteiger partial charge is 0.435 e. The second-order valence-corrected chi connectivity index (χ2v) is 10.4. The number of amides is 1. The van der Waals surface area contributed by atoms with E-state index in [-0.39, 0.29) is 11.3 Å². The molecule has 0 atom stereocenters. The van der Waals surface area contributed by atoms with Crippen LogP contribution in [0.3, 0.4) is 0 Å². The van der Waals surface area contributed by atoms with Gasteiger partial charge in [-0.2, -0.15) is 0 Å². The topological polar surface area (TPSA) is 49.6 Å². The van der Waals surface area contributed by atoms with Gasteiger partial charge in [-0.15, -0.1) is 0 Å². The number of oxazole rings is 1. The molecule has 5 nitrogen and oxygen atoms in total. The lowest BCUT2D eigenvalue weighted by atomic mass is 9.87. The number of anilines is 1. The summed E-state index contributed by atoms with van der Waals surface area (Å²) >= 11 is 0. The number of carbonyl (C=O) groups excluding carboxylic acids is 1. The van der Waals surface area contributed by atoms with Crippen molar-refractivity contribution in [2.45, 2.75) is 46.0 Å². The number of benzene rings is 2. The molecule has 1 aliphatic heterocycles. The fourth-order valence-electron chi connectivity index (χ4n) is 4.18. The van der Waals surface area contributed by atoms with Crippen LogP contribution in [0.5, 0.6) is 0 Å². The zero-order valence-corrected chi connectivity index (χ0v) is 20.7. The monoisotopic (exact) mass is 445 g/mol. The lowest BCUT2D eigenvalue weighted by Crippen LogP contribution is -2.38. The van der Waals surface area contributed by atoms with Gasteiger partial charge in [0, 0.05) is 44.0 Å². The highest BCUT2D eigenvalue weighted by Crippen LogP contribution is 2.34. The van der Waals surface area contributed by atoms with Crippen molar-refractivity contribution in [3.63, 3.8) is 0 Å². The molecule has 1 aromatic heterocycles. The molecule has 1 saturated heterocycles. The van der Waals surface area contributed by atoms with Gasteiger partial charge in [0.05, 0.1) is 0 Å². The highest BCUT2D eigenvalue weighted by molar-refractivity contribution is 5.98. The Morgan fingerprint density at radius 3 is 2.30 bits per heavy atom. The quantitative estimate of drug-likeness (QED) is 0.477. The van der Waals surface area contributed by atoms with Crippen molar-refractivity contribution in [3.05, 3.63) is 59.8 Å². The van der Waals surface area contributed by atoms with E-state index in [0.29, 0.717) is 23.3 Å². The Balaban J connectivity index is 1.76. The van der Waals surface area contributed by atoms with Gasteiger partial charge in [0.25, 0.3) is 5.91 Å². The van der Waals surface area contributed by atoms with Crippen molar-refractivity contribution in [1.82, 2.24) is 9.88 Å². The summed E-state index contributed by atoms with van der Waals surface area (Å²) in [6.45, 7) is 10.4. The number of hydrogen-bond acceptors (Lipinski definition) is 4. The maximum atomic E-state index is 13.5. The molecule has 0 aliphatic carbocycles. The molecule has 0 N–H and O–H groups in total. The number of aromatic nitrogens is 1. The van der Waals surface area contributed by atoms with E-state index >= 15 is 0 Å². The van der Waals surface area contributed by atoms with Crippen LogP contribution in [0.25, 0.3) is 22.8 Å². The zero-order chi connectivity index (χ0) is 23.8. The fraction of sp³-hybridized carbons (Fsp3) is 0.429. The average Bonchev–Trinajstić information content (AvgIpc) is 3.24. The number of carbonyl (C=O) groups is 1. The lowest BCUT2D eigenvalue weighted by Gasteiger charge is -2.29. The van der Waals surface area contributed by atoms with Gasteiger partial charge in [-0.3, -0.25) is 4.79 Å². The van der Waals surface area contributed by atoms with Gasteiger partial charge in [0.1, 0.15) is 0 Å². The highest BCUT2D eigenvalue weighted by atomic mass is 16.4. The van der Waals surface area contributed by atoms with Gasteiger partial charge in [0.15, 0.2) is 11.5 Å². The Morgan fingerprint density at radius 1 is 1.03 bits per heavy atom. The number of hydrogen-bond donors (Lipinski definition) is 0. The van der Waals surface area contributed by atoms with Crippen LogP contribution in [0.1, 0.15) is 56.6 Å². The molecule has 5 heteroatoms. The predicted molar refractivity (Wildman–Crippen MR) is 135 cm³/mol. The van der Waals surface area contributed by atoms with E-state index in [2.05, 4.69) is 39.8 Å². The molecule has 4 rings (SSSR count). The molecule has 33 heavy (non-hydrogen) atoms. The minimum absolute atomic E-state index is 0.0477. The van der Waals surface area contributed by atoms with Crippen molar-refractivity contribution in [2.75, 3.05) is 32.1 Å². The van der Waals surface area contributed by atoms with Gasteiger partial charge >= 0.3 is 0 Å². The van der Waals surface area contributed by atoms with Crippen molar-refractivity contribution in [3.8, 4) is 22.8 Å². The first-order chi connectivity index (χ1) is 15.6. The molecule has 0 bridgehead atoms. The van der Waals surface area contributed by atoms with Gasteiger partial charge in [0.2, 0.25) is 5.89 Å². The van der Waals surface area contributed by atoms with Crippen LogP contribution in [0, 0.1) is 5.92 Å². The molecule has 174 valence electrons. The molecule has 0 saturated carbocycles. The highest BCUT2D eigenvalue weighted by Gasteiger charge is 2.29. The minimum atomic E-state index is -0.0477. The summed E-state index contributed by atoms with van der Waals surface area (Å²) in [6, 6.07) is 16.3. The molecule has 0 unspecified atom stereocenters. The number of likely N-dealkylation sites (tertiary alicyclic amines) is 1. The van der Waals surface area contributed by atoms with Crippen molar-refractivity contribution in [2.24, 2.45) is 5.92 Å². The maximum Gasteiger partial charge on any atom is 0.276 e. The summed E-state index contributed by atoms with van der Waals surface area (Å²) < 4.78 is 6.30. The van der Waals surface area contributed by atoms with Crippen molar-refractivity contribution < 1.29 is 9.21 Å². The first kappa shape index (κ1) is 23.1. The van der Waals surface area contributed by atoms with E-state index in [4.69, 9.17) is 9.40 Å². The Bertz CT molecular complexity index is 1110. The van der Waals surface area contributed by atoms with Crippen molar-refractivity contribution in [1.29, 1.82) is 0 Å². The van der Waals surface area contributed by atoms with Crippen LogP contribution in [0.4, 0.5) is 5.69 Å². The SMILES string of the molecule is CC1CCN(C(=O)c2nc(-c3ccc(C(C)(C)C)cc3)oc2-c2cccc(N(C)C)c2)CC1. The van der Waals surface area contributed by atoms with Gasteiger partial charge in [-0.05, 0) is 54.0 Å². The van der Waals surface area contributed by atoms with E-state index in [1.54, 1.807) is 0 Å². The molecule has 2 aromatic carbocycles. The number of nitrogens with zero attached hydrogens (tertiary/aromatic N) is 3. The fourth-order valence-corrected chi connectivity index (χ4v) is 4.18. The molecule has 0 spiro atoms. The Kier molecular flexibility index (Phi) is 6.33. The first-order valence-electron chi connectivity index (χ1n) is 11.8. The molecule has 1 fully saturated rings. The van der Waals surface area contributed by atoms with Crippen LogP contribution in [-0.2, 0) is 5.41 Å². The molecular formula is C28H35N3O2. The lowest BCUT2D eigenvalue weighted by molar-refractivity contribution is 0.0692. The molecular weight excluding hydrogens is 410 g/mol. The summed E-state index contributed by atoms with van der Waals surface area (Å²) in [5.74, 6) is 1.62. The smallest absolute Gasteiger partial charge is 0.276 e. The standard InChI is InChI=1S/C28H35N3O2/c1-19-14-16-31(17-15-19)27(32)24-25(21-8-7-9-23(18-21)30(5)6)33-26(29-24)20-10-12-22(13-11-20)28(2,3)4/h7-13,18-19H,14-17H2,1-6H3. The molecule has 2 heterocycles. The second kappa shape index (κ2) is 9.05. The van der Waals surface area contributed by atoms with Gasteiger partial charge < -0.3 is 14.2 Å². The van der Waals surface area contributed by atoms with Gasteiger partial charge in [-0.1, -0.05) is 52.0 Å². The third kappa shape index (κ3) is 4.97. The summed E-state index contributed by atoms with van der Waals surface area (Å²) in [6.07, 6.45) is 2.05. The molecule has 3 aromatic rings. The van der Waals surface area contributed by atoms with Crippen LogP contribution < -0.4 is 4.90 Å². The van der Waals surface area contributed by atoms with E-state index < -0.39 is 0 Å². The average molecular weight is 446 g/mol. The third-order valence-electron chi connectivity index (χ3n) is 6.52. The summed E-state index contributed by atoms with van der Waals surface area (Å²) in [5.41, 5.74) is 4.50. The van der Waals surface area contributed by atoms with E-state index in [9.17, 15) is 4.79 Å². The summed E-state index contributed by atoms with van der Waals surface area (Å²) in [5, 5.41) is 0. The summed E-state index contributed by atoms with van der Waals surface area (Å²) in [4.78, 5) is 22.2. The Labute approximate surface area is 197 Å². The molecule has 1 amide bonds. The summed E-state index contributed by atoms with van der Waals surface area (Å²) in [7, 11) is 4.01. The van der Waals surface area contributed by atoms with Crippen LogP contribution in [0.15, 0.2) is 52.9 Å². The third-order valence-corrected chi connectivity index (χ3v) is 6.52. The zero-order valence-electron chi connectivity index (χ0n) is 20.7. The van der Waals surface area contributed by atoms with E-state index in [1.807, 2.05) is 60.3 Å². The predicted octanol–water partition coefficient (Wildman–Crippen LogP) is 6.24. The van der Waals surface area contributed by atoms with Crippen LogP contribution in [-0.4, -0.2) is 43.0 Å². The van der Waals surface area contributed by atoms with Crippen LogP contribution in [0.2, 0.25) is 0 Å². The molecule has 0 radical (unpaired) electrons. The first-order valence-corrected chi connectivity index (χ1v) is 11.8. The number of piperidine rings is 1. The Morgan fingerprint density at radius 2 is 1.70 bits per heavy atom. The molecule has 1 aliphatic rings. The van der Waals surface area contributed by atoms with Crippen LogP contribution >= 0.6 is 0 Å². The number of rotatable bonds is 4. The van der Waals surface area contributed by atoms with E-state index in [1.165, 1.54) is 5.56 Å². The Hall–Kier alpha value is -3.08. The van der Waals surface area contributed by atoms with Crippen molar-refractivity contribution >= 4 is 11.6 Å². The minimum Gasteiger partial charge on any atom is -0.435 e. The normalized spacial score (nSPS) is 15.0. The second-order valence-electron chi connectivity index (χ2n) is 10.4. The van der Waals surface area contributed by atoms with E-state index in [0.717, 1.165) is 42.7 Å².